The Kier molecular flexibility index (Phi) is 5.70. The third kappa shape index (κ3) is 4.57. The van der Waals surface area contributed by atoms with E-state index in [9.17, 15) is 16.8 Å². The molecule has 0 aliphatic heterocycles. The Hall–Kier alpha value is -1.41. The summed E-state index contributed by atoms with van der Waals surface area (Å²) in [6, 6.07) is 11.7. The molecule has 24 heavy (non-hydrogen) atoms. The van der Waals surface area contributed by atoms with Crippen LogP contribution in [0.4, 0.5) is 0 Å². The highest BCUT2D eigenvalue weighted by Crippen LogP contribution is 2.22. The maximum atomic E-state index is 12.5. The maximum absolute atomic E-state index is 12.5. The molecule has 2 aromatic carbocycles. The second-order valence-electron chi connectivity index (χ2n) is 5.38. The van der Waals surface area contributed by atoms with Crippen molar-refractivity contribution in [3.63, 3.8) is 0 Å². The molecule has 1 unspecified atom stereocenters. The molecular formula is C16H18ClNO4S2. The molecule has 5 nitrogen and oxygen atoms in total. The van der Waals surface area contributed by atoms with Crippen molar-refractivity contribution in [2.75, 3.05) is 6.26 Å². The van der Waals surface area contributed by atoms with Crippen LogP contribution in [0.1, 0.15) is 24.9 Å². The van der Waals surface area contributed by atoms with Gasteiger partial charge in [-0.1, -0.05) is 30.7 Å². The highest BCUT2D eigenvalue weighted by Gasteiger charge is 2.21. The van der Waals surface area contributed by atoms with Crippen molar-refractivity contribution in [2.45, 2.75) is 29.2 Å². The summed E-state index contributed by atoms with van der Waals surface area (Å²) in [4.78, 5) is 0.0912. The lowest BCUT2D eigenvalue weighted by Gasteiger charge is -2.18. The maximum Gasteiger partial charge on any atom is 0.241 e. The number of nitrogens with one attached hydrogen (secondary N) is 1. The lowest BCUT2D eigenvalue weighted by molar-refractivity contribution is 0.550. The first kappa shape index (κ1) is 18.9. The van der Waals surface area contributed by atoms with Crippen LogP contribution < -0.4 is 4.72 Å². The first-order valence-corrected chi connectivity index (χ1v) is 11.0. The second-order valence-corrected chi connectivity index (χ2v) is 9.54. The number of benzene rings is 2. The number of hydrogen-bond donors (Lipinski definition) is 1. The predicted molar refractivity (Wildman–Crippen MR) is 94.4 cm³/mol. The van der Waals surface area contributed by atoms with Gasteiger partial charge in [0.05, 0.1) is 9.79 Å². The van der Waals surface area contributed by atoms with E-state index >= 15 is 0 Å². The molecule has 0 aromatic heterocycles. The van der Waals surface area contributed by atoms with E-state index in [2.05, 4.69) is 4.72 Å². The molecule has 1 N–H and O–H groups in total. The molecule has 0 heterocycles. The van der Waals surface area contributed by atoms with Gasteiger partial charge in [-0.3, -0.25) is 0 Å². The topological polar surface area (TPSA) is 80.3 Å². The Bertz CT molecular complexity index is 906. The molecule has 0 bridgehead atoms. The molecule has 0 fully saturated rings. The molecule has 130 valence electrons. The van der Waals surface area contributed by atoms with Crippen LogP contribution in [0.2, 0.25) is 5.02 Å². The fourth-order valence-electron chi connectivity index (χ4n) is 2.20. The van der Waals surface area contributed by atoms with Crippen molar-refractivity contribution in [3.8, 4) is 0 Å². The van der Waals surface area contributed by atoms with Gasteiger partial charge in [0, 0.05) is 17.3 Å². The van der Waals surface area contributed by atoms with Gasteiger partial charge in [-0.2, -0.15) is 0 Å². The lowest BCUT2D eigenvalue weighted by Crippen LogP contribution is -2.28. The van der Waals surface area contributed by atoms with Crippen LogP contribution in [0.15, 0.2) is 58.3 Å². The number of hydrogen-bond acceptors (Lipinski definition) is 4. The number of sulfonamides is 1. The van der Waals surface area contributed by atoms with Gasteiger partial charge >= 0.3 is 0 Å². The standard InChI is InChI=1S/C16H18ClNO4S2/c1-3-16(12-4-6-13(17)7-5-12)18-24(21,22)15-10-8-14(9-11-15)23(2,19)20/h4-11,16,18H,3H2,1-2H3. The van der Waals surface area contributed by atoms with Crippen molar-refractivity contribution in [3.05, 3.63) is 59.1 Å². The summed E-state index contributed by atoms with van der Waals surface area (Å²) >= 11 is 5.85. The molecular weight excluding hydrogens is 370 g/mol. The molecule has 0 aliphatic carbocycles. The summed E-state index contributed by atoms with van der Waals surface area (Å²) in [6.07, 6.45) is 1.63. The van der Waals surface area contributed by atoms with E-state index in [1.165, 1.54) is 24.3 Å². The minimum atomic E-state index is -3.77. The molecule has 0 radical (unpaired) electrons. The van der Waals surface area contributed by atoms with Crippen molar-refractivity contribution in [2.24, 2.45) is 0 Å². The van der Waals surface area contributed by atoms with Crippen molar-refractivity contribution >= 4 is 31.5 Å². The van der Waals surface area contributed by atoms with E-state index in [0.717, 1.165) is 11.8 Å². The zero-order chi connectivity index (χ0) is 18.0. The fourth-order valence-corrected chi connectivity index (χ4v) is 4.27. The Balaban J connectivity index is 2.27. The summed E-state index contributed by atoms with van der Waals surface area (Å²) in [7, 11) is -7.14. The Morgan fingerprint density at radius 2 is 1.42 bits per heavy atom. The SMILES string of the molecule is CCC(NS(=O)(=O)c1ccc(S(C)(=O)=O)cc1)c1ccc(Cl)cc1. The van der Waals surface area contributed by atoms with Crippen LogP contribution in [-0.2, 0) is 19.9 Å². The highest BCUT2D eigenvalue weighted by atomic mass is 35.5. The second kappa shape index (κ2) is 7.23. The van der Waals surface area contributed by atoms with Gasteiger partial charge in [-0.25, -0.2) is 21.6 Å². The fraction of sp³-hybridized carbons (Fsp3) is 0.250. The normalized spacial score (nSPS) is 13.6. The summed E-state index contributed by atoms with van der Waals surface area (Å²) < 4.78 is 50.6. The zero-order valence-electron chi connectivity index (χ0n) is 13.2. The van der Waals surface area contributed by atoms with Crippen molar-refractivity contribution < 1.29 is 16.8 Å². The first-order chi connectivity index (χ1) is 11.1. The molecule has 1 atom stereocenters. The van der Waals surface area contributed by atoms with Crippen LogP contribution in [-0.4, -0.2) is 23.1 Å². The third-order valence-electron chi connectivity index (χ3n) is 3.54. The predicted octanol–water partition coefficient (Wildman–Crippen LogP) is 3.17. The first-order valence-electron chi connectivity index (χ1n) is 7.21. The van der Waals surface area contributed by atoms with Crippen LogP contribution >= 0.6 is 11.6 Å². The summed E-state index contributed by atoms with van der Waals surface area (Å²) in [5.74, 6) is 0. The summed E-state index contributed by atoms with van der Waals surface area (Å²) in [5.41, 5.74) is 0.804. The minimum absolute atomic E-state index is 0.0160. The van der Waals surface area contributed by atoms with E-state index in [-0.39, 0.29) is 9.79 Å². The number of halogens is 1. The van der Waals surface area contributed by atoms with E-state index in [0.29, 0.717) is 11.4 Å². The smallest absolute Gasteiger partial charge is 0.224 e. The van der Waals surface area contributed by atoms with Gasteiger partial charge in [-0.15, -0.1) is 0 Å². The van der Waals surface area contributed by atoms with Crippen LogP contribution in [0.5, 0.6) is 0 Å². The largest absolute Gasteiger partial charge is 0.241 e. The highest BCUT2D eigenvalue weighted by molar-refractivity contribution is 7.90. The van der Waals surface area contributed by atoms with Gasteiger partial charge in [0.2, 0.25) is 10.0 Å². The Morgan fingerprint density at radius 3 is 1.88 bits per heavy atom. The van der Waals surface area contributed by atoms with Gasteiger partial charge in [0.1, 0.15) is 0 Å². The van der Waals surface area contributed by atoms with E-state index in [1.807, 2.05) is 6.92 Å². The van der Waals surface area contributed by atoms with Crippen molar-refractivity contribution in [1.29, 1.82) is 0 Å². The number of sulfone groups is 1. The molecule has 0 amide bonds. The molecule has 8 heteroatoms. The van der Waals surface area contributed by atoms with Gasteiger partial charge < -0.3 is 0 Å². The third-order valence-corrected chi connectivity index (χ3v) is 6.41. The quantitative estimate of drug-likeness (QED) is 0.825. The Morgan fingerprint density at radius 1 is 0.917 bits per heavy atom. The van der Waals surface area contributed by atoms with E-state index < -0.39 is 25.9 Å². The number of rotatable bonds is 6. The van der Waals surface area contributed by atoms with Crippen LogP contribution in [0, 0.1) is 0 Å². The minimum Gasteiger partial charge on any atom is -0.224 e. The van der Waals surface area contributed by atoms with E-state index in [4.69, 9.17) is 11.6 Å². The molecule has 0 spiro atoms. The molecule has 2 rings (SSSR count). The molecule has 0 saturated carbocycles. The molecule has 0 saturated heterocycles. The van der Waals surface area contributed by atoms with Gasteiger partial charge in [0.15, 0.2) is 9.84 Å². The molecule has 2 aromatic rings. The summed E-state index contributed by atoms with van der Waals surface area (Å²) in [6.45, 7) is 1.87. The van der Waals surface area contributed by atoms with Gasteiger partial charge in [0.25, 0.3) is 0 Å². The summed E-state index contributed by atoms with van der Waals surface area (Å²) in [5, 5.41) is 0.577. The lowest BCUT2D eigenvalue weighted by atomic mass is 10.1. The van der Waals surface area contributed by atoms with Gasteiger partial charge in [-0.05, 0) is 48.4 Å². The van der Waals surface area contributed by atoms with Crippen LogP contribution in [0.25, 0.3) is 0 Å². The van der Waals surface area contributed by atoms with Crippen LogP contribution in [0.3, 0.4) is 0 Å². The zero-order valence-corrected chi connectivity index (χ0v) is 15.6. The molecule has 0 aliphatic rings. The monoisotopic (exact) mass is 387 g/mol. The Labute approximate surface area is 147 Å². The average molecular weight is 388 g/mol. The van der Waals surface area contributed by atoms with E-state index in [1.54, 1.807) is 24.3 Å². The average Bonchev–Trinajstić information content (AvgIpc) is 2.53. The van der Waals surface area contributed by atoms with Crippen molar-refractivity contribution in [1.82, 2.24) is 4.72 Å².